The molecule has 2 aromatic rings. The number of carbonyl (C=O) groups is 1. The summed E-state index contributed by atoms with van der Waals surface area (Å²) in [5, 5.41) is 8.86. The van der Waals surface area contributed by atoms with Gasteiger partial charge >= 0.3 is 5.97 Å². The number of rotatable bonds is 5. The minimum Gasteiger partial charge on any atom is -0.481 e. The third kappa shape index (κ3) is 3.57. The highest BCUT2D eigenvalue weighted by Gasteiger charge is 2.11. The molecule has 4 heteroatoms. The summed E-state index contributed by atoms with van der Waals surface area (Å²) in [5.41, 5.74) is 0.904. The second-order valence-electron chi connectivity index (χ2n) is 4.62. The minimum absolute atomic E-state index is 0.166. The standard InChI is InChI=1S/C16H15FO3/c1-11(16(18)19)10-12-6-8-13(9-7-12)20-15-5-3-2-4-14(15)17/h2-9,11H,10H2,1H3,(H,18,19). The summed E-state index contributed by atoms with van der Waals surface area (Å²) in [5.74, 6) is -0.998. The average molecular weight is 274 g/mol. The maximum atomic E-state index is 13.4. The van der Waals surface area contributed by atoms with E-state index in [1.54, 1.807) is 49.4 Å². The highest BCUT2D eigenvalue weighted by atomic mass is 19.1. The molecular formula is C16H15FO3. The topological polar surface area (TPSA) is 46.5 Å². The smallest absolute Gasteiger partial charge is 0.306 e. The summed E-state index contributed by atoms with van der Waals surface area (Å²) in [7, 11) is 0. The van der Waals surface area contributed by atoms with E-state index in [9.17, 15) is 9.18 Å². The molecule has 1 atom stereocenters. The van der Waals surface area contributed by atoms with Crippen molar-refractivity contribution >= 4 is 5.97 Å². The van der Waals surface area contributed by atoms with Gasteiger partial charge in [-0.15, -0.1) is 0 Å². The first-order chi connectivity index (χ1) is 9.56. The first-order valence-corrected chi connectivity index (χ1v) is 6.30. The molecule has 0 heterocycles. The van der Waals surface area contributed by atoms with Crippen LogP contribution in [0.15, 0.2) is 48.5 Å². The predicted molar refractivity (Wildman–Crippen MR) is 73.4 cm³/mol. The highest BCUT2D eigenvalue weighted by molar-refractivity contribution is 5.69. The van der Waals surface area contributed by atoms with Crippen LogP contribution in [0.1, 0.15) is 12.5 Å². The van der Waals surface area contributed by atoms with Crippen LogP contribution >= 0.6 is 0 Å². The average Bonchev–Trinajstić information content (AvgIpc) is 2.43. The molecule has 0 saturated carbocycles. The maximum absolute atomic E-state index is 13.4. The molecule has 2 rings (SSSR count). The van der Waals surface area contributed by atoms with Gasteiger partial charge in [0.1, 0.15) is 5.75 Å². The number of aliphatic carboxylic acids is 1. The molecular weight excluding hydrogens is 259 g/mol. The van der Waals surface area contributed by atoms with Crippen LogP contribution in [0.3, 0.4) is 0 Å². The quantitative estimate of drug-likeness (QED) is 0.900. The van der Waals surface area contributed by atoms with E-state index in [0.29, 0.717) is 12.2 Å². The van der Waals surface area contributed by atoms with Crippen molar-refractivity contribution in [2.75, 3.05) is 0 Å². The lowest BCUT2D eigenvalue weighted by molar-refractivity contribution is -0.141. The lowest BCUT2D eigenvalue weighted by Crippen LogP contribution is -2.12. The second-order valence-corrected chi connectivity index (χ2v) is 4.62. The van der Waals surface area contributed by atoms with Gasteiger partial charge in [-0.3, -0.25) is 4.79 Å². The molecule has 1 N–H and O–H groups in total. The van der Waals surface area contributed by atoms with Gasteiger partial charge in [0.25, 0.3) is 0 Å². The molecule has 0 bridgehead atoms. The first-order valence-electron chi connectivity index (χ1n) is 6.30. The van der Waals surface area contributed by atoms with Gasteiger partial charge in [0.15, 0.2) is 11.6 Å². The number of para-hydroxylation sites is 1. The molecule has 0 aromatic heterocycles. The molecule has 0 amide bonds. The SMILES string of the molecule is CC(Cc1ccc(Oc2ccccc2F)cc1)C(=O)O. The van der Waals surface area contributed by atoms with Gasteiger partial charge in [0, 0.05) is 0 Å². The Labute approximate surface area is 116 Å². The van der Waals surface area contributed by atoms with Gasteiger partial charge in [0.2, 0.25) is 0 Å². The molecule has 0 aliphatic carbocycles. The number of hydrogen-bond acceptors (Lipinski definition) is 2. The van der Waals surface area contributed by atoms with Crippen LogP contribution in [0.2, 0.25) is 0 Å². The number of halogens is 1. The molecule has 0 saturated heterocycles. The molecule has 0 aliphatic heterocycles. The molecule has 0 radical (unpaired) electrons. The molecule has 3 nitrogen and oxygen atoms in total. The Morgan fingerprint density at radius 3 is 2.45 bits per heavy atom. The van der Waals surface area contributed by atoms with E-state index in [1.807, 2.05) is 0 Å². The lowest BCUT2D eigenvalue weighted by atomic mass is 10.0. The molecule has 1 unspecified atom stereocenters. The van der Waals surface area contributed by atoms with Crippen molar-refractivity contribution < 1.29 is 19.0 Å². The van der Waals surface area contributed by atoms with E-state index < -0.39 is 17.7 Å². The van der Waals surface area contributed by atoms with E-state index in [4.69, 9.17) is 9.84 Å². The van der Waals surface area contributed by atoms with Crippen molar-refractivity contribution in [1.29, 1.82) is 0 Å². The number of ether oxygens (including phenoxy) is 1. The third-order valence-corrected chi connectivity index (χ3v) is 2.95. The summed E-state index contributed by atoms with van der Waals surface area (Å²) in [6.45, 7) is 1.66. The van der Waals surface area contributed by atoms with Crippen molar-refractivity contribution in [3.8, 4) is 11.5 Å². The number of carboxylic acid groups (broad SMARTS) is 1. The second kappa shape index (κ2) is 6.19. The fourth-order valence-corrected chi connectivity index (χ4v) is 1.79. The Hall–Kier alpha value is -2.36. The van der Waals surface area contributed by atoms with Crippen molar-refractivity contribution in [2.24, 2.45) is 5.92 Å². The van der Waals surface area contributed by atoms with E-state index >= 15 is 0 Å². The van der Waals surface area contributed by atoms with Gasteiger partial charge in [-0.2, -0.15) is 0 Å². The van der Waals surface area contributed by atoms with Gasteiger partial charge in [0.05, 0.1) is 5.92 Å². The molecule has 0 aliphatic rings. The van der Waals surface area contributed by atoms with Crippen LogP contribution in [0.5, 0.6) is 11.5 Å². The summed E-state index contributed by atoms with van der Waals surface area (Å²) in [6.07, 6.45) is 0.454. The van der Waals surface area contributed by atoms with Crippen LogP contribution in [-0.2, 0) is 11.2 Å². The van der Waals surface area contributed by atoms with Gasteiger partial charge < -0.3 is 9.84 Å². The zero-order valence-electron chi connectivity index (χ0n) is 11.0. The zero-order valence-corrected chi connectivity index (χ0v) is 11.0. The van der Waals surface area contributed by atoms with Crippen molar-refractivity contribution in [1.82, 2.24) is 0 Å². The van der Waals surface area contributed by atoms with Gasteiger partial charge in [-0.05, 0) is 36.2 Å². The predicted octanol–water partition coefficient (Wildman–Crippen LogP) is 3.88. The van der Waals surface area contributed by atoms with E-state index in [0.717, 1.165) is 5.56 Å². The Balaban J connectivity index is 2.05. The van der Waals surface area contributed by atoms with Crippen LogP contribution in [0.4, 0.5) is 4.39 Å². The summed E-state index contributed by atoms with van der Waals surface area (Å²) >= 11 is 0. The minimum atomic E-state index is -0.823. The van der Waals surface area contributed by atoms with Crippen LogP contribution in [0, 0.1) is 11.7 Å². The largest absolute Gasteiger partial charge is 0.481 e. The first kappa shape index (κ1) is 14.1. The Kier molecular flexibility index (Phi) is 4.35. The molecule has 0 fully saturated rings. The van der Waals surface area contributed by atoms with Crippen LogP contribution < -0.4 is 4.74 Å². The fraction of sp³-hybridized carbons (Fsp3) is 0.188. The Bertz CT molecular complexity index is 593. The molecule has 104 valence electrons. The summed E-state index contributed by atoms with van der Waals surface area (Å²) in [4.78, 5) is 10.8. The van der Waals surface area contributed by atoms with Gasteiger partial charge in [-0.1, -0.05) is 31.2 Å². The van der Waals surface area contributed by atoms with E-state index in [1.165, 1.54) is 6.07 Å². The third-order valence-electron chi connectivity index (χ3n) is 2.95. The highest BCUT2D eigenvalue weighted by Crippen LogP contribution is 2.24. The maximum Gasteiger partial charge on any atom is 0.306 e. The fourth-order valence-electron chi connectivity index (χ4n) is 1.79. The van der Waals surface area contributed by atoms with Crippen molar-refractivity contribution in [3.63, 3.8) is 0 Å². The number of hydrogen-bond donors (Lipinski definition) is 1. The monoisotopic (exact) mass is 274 g/mol. The molecule has 0 spiro atoms. The molecule has 2 aromatic carbocycles. The Morgan fingerprint density at radius 1 is 1.20 bits per heavy atom. The van der Waals surface area contributed by atoms with Crippen molar-refractivity contribution in [3.05, 3.63) is 59.9 Å². The normalized spacial score (nSPS) is 11.9. The summed E-state index contributed by atoms with van der Waals surface area (Å²) < 4.78 is 18.9. The number of benzene rings is 2. The van der Waals surface area contributed by atoms with Gasteiger partial charge in [-0.25, -0.2) is 4.39 Å². The van der Waals surface area contributed by atoms with E-state index in [2.05, 4.69) is 0 Å². The number of carboxylic acids is 1. The Morgan fingerprint density at radius 2 is 1.85 bits per heavy atom. The zero-order chi connectivity index (χ0) is 14.5. The lowest BCUT2D eigenvalue weighted by Gasteiger charge is -2.09. The van der Waals surface area contributed by atoms with Crippen molar-refractivity contribution in [2.45, 2.75) is 13.3 Å². The van der Waals surface area contributed by atoms with Crippen LogP contribution in [0.25, 0.3) is 0 Å². The van der Waals surface area contributed by atoms with Crippen LogP contribution in [-0.4, -0.2) is 11.1 Å². The van der Waals surface area contributed by atoms with E-state index in [-0.39, 0.29) is 5.75 Å². The summed E-state index contributed by atoms with van der Waals surface area (Å²) in [6, 6.07) is 13.2. The molecule has 20 heavy (non-hydrogen) atoms.